The first kappa shape index (κ1) is 14.3. The largest absolute Gasteiger partial charge is 0.228 e. The van der Waals surface area contributed by atoms with Gasteiger partial charge in [0, 0.05) is 22.0 Å². The molecule has 3 nitrogen and oxygen atoms in total. The van der Waals surface area contributed by atoms with Crippen molar-refractivity contribution in [1.82, 2.24) is 14.8 Å². The number of rotatable bonds is 3. The summed E-state index contributed by atoms with van der Waals surface area (Å²) in [6, 6.07) is 10.4. The fourth-order valence-corrected chi connectivity index (χ4v) is 3.24. The number of pyridine rings is 1. The summed E-state index contributed by atoms with van der Waals surface area (Å²) in [6.45, 7) is 6.35. The Morgan fingerprint density at radius 2 is 1.95 bits per heavy atom. The van der Waals surface area contributed by atoms with Crippen LogP contribution in [0.4, 0.5) is 0 Å². The minimum atomic E-state index is 0.764. The van der Waals surface area contributed by atoms with Crippen LogP contribution in [0.15, 0.2) is 30.3 Å². The number of hydrogen-bond acceptors (Lipinski definition) is 2. The number of alkyl halides is 1. The maximum Gasteiger partial charge on any atom is 0.158 e. The molecule has 0 amide bonds. The van der Waals surface area contributed by atoms with Gasteiger partial charge in [-0.2, -0.15) is 5.10 Å². The number of para-hydroxylation sites is 1. The third-order valence-corrected chi connectivity index (χ3v) is 4.52. The van der Waals surface area contributed by atoms with Gasteiger partial charge in [0.15, 0.2) is 5.82 Å². The molecule has 0 atom stereocenters. The van der Waals surface area contributed by atoms with Crippen molar-refractivity contribution in [3.63, 3.8) is 0 Å². The first-order valence-electron chi connectivity index (χ1n) is 7.15. The van der Waals surface area contributed by atoms with E-state index in [-0.39, 0.29) is 0 Å². The van der Waals surface area contributed by atoms with Crippen molar-refractivity contribution in [1.29, 1.82) is 0 Å². The molecule has 0 radical (unpaired) electrons. The van der Waals surface area contributed by atoms with Gasteiger partial charge in [-0.1, -0.05) is 41.1 Å². The van der Waals surface area contributed by atoms with Gasteiger partial charge in [0.1, 0.15) is 0 Å². The molecule has 3 rings (SSSR count). The lowest BCUT2D eigenvalue weighted by atomic mass is 10.1. The Morgan fingerprint density at radius 1 is 1.19 bits per heavy atom. The zero-order chi connectivity index (χ0) is 15.0. The van der Waals surface area contributed by atoms with E-state index in [9.17, 15) is 0 Å². The van der Waals surface area contributed by atoms with Gasteiger partial charge in [0.05, 0.1) is 11.2 Å². The molecule has 2 heterocycles. The Kier molecular flexibility index (Phi) is 3.81. The second-order valence-electron chi connectivity index (χ2n) is 5.21. The highest BCUT2D eigenvalue weighted by molar-refractivity contribution is 9.08. The summed E-state index contributed by atoms with van der Waals surface area (Å²) in [6.07, 6.45) is 0.995. The van der Waals surface area contributed by atoms with Gasteiger partial charge in [-0.25, -0.2) is 9.67 Å². The predicted octanol–water partition coefficient (Wildman–Crippen LogP) is 4.49. The van der Waals surface area contributed by atoms with Crippen LogP contribution in [-0.4, -0.2) is 14.8 Å². The molecule has 0 saturated carbocycles. The third-order valence-electron chi connectivity index (χ3n) is 3.92. The molecule has 0 spiro atoms. The van der Waals surface area contributed by atoms with Crippen LogP contribution >= 0.6 is 15.9 Å². The number of hydrogen-bond donors (Lipinski definition) is 0. The van der Waals surface area contributed by atoms with E-state index in [2.05, 4.69) is 48.8 Å². The number of nitrogens with zero attached hydrogens (tertiary/aromatic N) is 3. The smallest absolute Gasteiger partial charge is 0.158 e. The summed E-state index contributed by atoms with van der Waals surface area (Å²) in [7, 11) is 0. The highest BCUT2D eigenvalue weighted by Crippen LogP contribution is 2.24. The fraction of sp³-hybridized carbons (Fsp3) is 0.294. The van der Waals surface area contributed by atoms with Crippen molar-refractivity contribution in [3.8, 4) is 5.82 Å². The molecular weight excluding hydrogens is 326 g/mol. The van der Waals surface area contributed by atoms with Crippen LogP contribution in [0.1, 0.15) is 29.4 Å². The van der Waals surface area contributed by atoms with Gasteiger partial charge in [-0.05, 0) is 38.0 Å². The van der Waals surface area contributed by atoms with Crippen molar-refractivity contribution < 1.29 is 0 Å². The van der Waals surface area contributed by atoms with Crippen LogP contribution in [0.3, 0.4) is 0 Å². The summed E-state index contributed by atoms with van der Waals surface area (Å²) < 4.78 is 1.98. The van der Waals surface area contributed by atoms with Crippen LogP contribution in [0.5, 0.6) is 0 Å². The van der Waals surface area contributed by atoms with Gasteiger partial charge >= 0.3 is 0 Å². The minimum Gasteiger partial charge on any atom is -0.228 e. The molecular formula is C17H18BrN3. The average molecular weight is 344 g/mol. The lowest BCUT2D eigenvalue weighted by Crippen LogP contribution is -2.06. The molecule has 0 aliphatic carbocycles. The molecule has 0 aliphatic rings. The lowest BCUT2D eigenvalue weighted by Gasteiger charge is -2.10. The summed E-state index contributed by atoms with van der Waals surface area (Å²) in [5.41, 5.74) is 5.74. The monoisotopic (exact) mass is 343 g/mol. The zero-order valence-electron chi connectivity index (χ0n) is 12.5. The fourth-order valence-electron chi connectivity index (χ4n) is 2.82. The number of aryl methyl sites for hydroxylation is 1. The SMILES string of the molecule is CCc1c(C)nn(-c2nc3ccccc3cc2CBr)c1C. The van der Waals surface area contributed by atoms with Crippen molar-refractivity contribution >= 4 is 26.8 Å². The van der Waals surface area contributed by atoms with E-state index in [0.29, 0.717) is 0 Å². The third kappa shape index (κ3) is 2.38. The van der Waals surface area contributed by atoms with Gasteiger partial charge in [-0.3, -0.25) is 0 Å². The number of aromatic nitrogens is 3. The Bertz CT molecular complexity index is 805. The predicted molar refractivity (Wildman–Crippen MR) is 90.3 cm³/mol. The molecule has 108 valence electrons. The van der Waals surface area contributed by atoms with Gasteiger partial charge < -0.3 is 0 Å². The number of fused-ring (bicyclic) bond motifs is 1. The van der Waals surface area contributed by atoms with Gasteiger partial charge in [0.25, 0.3) is 0 Å². The Labute approximate surface area is 133 Å². The molecule has 0 bridgehead atoms. The standard InChI is InChI=1S/C17H18BrN3/c1-4-15-11(2)20-21(12(15)3)17-14(10-18)9-13-7-5-6-8-16(13)19-17/h5-9H,4,10H2,1-3H3. The molecule has 0 unspecified atom stereocenters. The topological polar surface area (TPSA) is 30.7 Å². The first-order valence-corrected chi connectivity index (χ1v) is 8.28. The minimum absolute atomic E-state index is 0.764. The van der Waals surface area contributed by atoms with Crippen LogP contribution in [0.25, 0.3) is 16.7 Å². The summed E-state index contributed by atoms with van der Waals surface area (Å²) in [5, 5.41) is 6.62. The van der Waals surface area contributed by atoms with E-state index in [4.69, 9.17) is 10.1 Å². The highest BCUT2D eigenvalue weighted by Gasteiger charge is 2.15. The van der Waals surface area contributed by atoms with Crippen LogP contribution in [-0.2, 0) is 11.8 Å². The van der Waals surface area contributed by atoms with E-state index in [0.717, 1.165) is 39.7 Å². The highest BCUT2D eigenvalue weighted by atomic mass is 79.9. The molecule has 3 aromatic rings. The summed E-state index contributed by atoms with van der Waals surface area (Å²) in [4.78, 5) is 4.84. The summed E-state index contributed by atoms with van der Waals surface area (Å²) in [5.74, 6) is 0.922. The molecule has 0 fully saturated rings. The molecule has 4 heteroatoms. The van der Waals surface area contributed by atoms with Crippen molar-refractivity contribution in [3.05, 3.63) is 52.8 Å². The van der Waals surface area contributed by atoms with E-state index in [1.807, 2.05) is 22.9 Å². The van der Waals surface area contributed by atoms with Crippen molar-refractivity contribution in [2.45, 2.75) is 32.5 Å². The Morgan fingerprint density at radius 3 is 2.62 bits per heavy atom. The van der Waals surface area contributed by atoms with E-state index >= 15 is 0 Å². The van der Waals surface area contributed by atoms with Crippen molar-refractivity contribution in [2.24, 2.45) is 0 Å². The van der Waals surface area contributed by atoms with E-state index in [1.165, 1.54) is 11.3 Å². The molecule has 0 N–H and O–H groups in total. The van der Waals surface area contributed by atoms with Crippen LogP contribution in [0, 0.1) is 13.8 Å². The van der Waals surface area contributed by atoms with Gasteiger partial charge in [-0.15, -0.1) is 0 Å². The maximum absolute atomic E-state index is 4.84. The van der Waals surface area contributed by atoms with Crippen molar-refractivity contribution in [2.75, 3.05) is 0 Å². The quantitative estimate of drug-likeness (QED) is 0.655. The average Bonchev–Trinajstić information content (AvgIpc) is 2.80. The second kappa shape index (κ2) is 5.60. The first-order chi connectivity index (χ1) is 10.2. The lowest BCUT2D eigenvalue weighted by molar-refractivity contribution is 0.802. The number of benzene rings is 1. The van der Waals surface area contributed by atoms with E-state index < -0.39 is 0 Å². The maximum atomic E-state index is 4.84. The zero-order valence-corrected chi connectivity index (χ0v) is 14.1. The normalized spacial score (nSPS) is 11.2. The molecule has 21 heavy (non-hydrogen) atoms. The van der Waals surface area contributed by atoms with Crippen LogP contribution < -0.4 is 0 Å². The summed E-state index contributed by atoms with van der Waals surface area (Å²) >= 11 is 3.58. The van der Waals surface area contributed by atoms with Crippen LogP contribution in [0.2, 0.25) is 0 Å². The molecule has 2 aromatic heterocycles. The molecule has 0 saturated heterocycles. The second-order valence-corrected chi connectivity index (χ2v) is 5.77. The number of halogens is 1. The molecule has 0 aliphatic heterocycles. The Balaban J connectivity index is 2.28. The Hall–Kier alpha value is -1.68. The van der Waals surface area contributed by atoms with E-state index in [1.54, 1.807) is 0 Å². The molecule has 1 aromatic carbocycles. The van der Waals surface area contributed by atoms with Gasteiger partial charge in [0.2, 0.25) is 0 Å².